The monoisotopic (exact) mass is 332 g/mol. The van der Waals surface area contributed by atoms with E-state index in [1.165, 1.54) is 11.3 Å². The van der Waals surface area contributed by atoms with Crippen molar-refractivity contribution in [3.8, 4) is 10.6 Å². The molecule has 0 spiro atoms. The first kappa shape index (κ1) is 17.1. The van der Waals surface area contributed by atoms with Crippen molar-refractivity contribution in [2.45, 2.75) is 32.7 Å². The Bertz CT molecular complexity index is 655. The van der Waals surface area contributed by atoms with Gasteiger partial charge < -0.3 is 10.1 Å². The molecule has 2 aromatic rings. The molecule has 0 saturated heterocycles. The summed E-state index contributed by atoms with van der Waals surface area (Å²) in [6.07, 6.45) is 1.88. The Morgan fingerprint density at radius 1 is 1.30 bits per heavy atom. The summed E-state index contributed by atoms with van der Waals surface area (Å²) in [5, 5.41) is 5.17. The highest BCUT2D eigenvalue weighted by Crippen LogP contribution is 2.23. The summed E-state index contributed by atoms with van der Waals surface area (Å²) in [5.74, 6) is -0.875. The topological polar surface area (TPSA) is 68.3 Å². The van der Waals surface area contributed by atoms with Crippen molar-refractivity contribution in [3.63, 3.8) is 0 Å². The second-order valence-electron chi connectivity index (χ2n) is 5.24. The number of carbonyl (C=O) groups excluding carboxylic acids is 2. The number of amides is 1. The summed E-state index contributed by atoms with van der Waals surface area (Å²) in [4.78, 5) is 27.9. The van der Waals surface area contributed by atoms with Gasteiger partial charge >= 0.3 is 5.97 Å². The van der Waals surface area contributed by atoms with E-state index in [1.54, 1.807) is 5.38 Å². The van der Waals surface area contributed by atoms with Crippen LogP contribution in [0.1, 0.15) is 37.2 Å². The minimum atomic E-state index is -0.582. The third kappa shape index (κ3) is 5.17. The Hall–Kier alpha value is -2.21. The number of nitrogens with zero attached hydrogens (tertiary/aromatic N) is 1. The lowest BCUT2D eigenvalue weighted by Crippen LogP contribution is -2.35. The third-order valence-electron chi connectivity index (χ3n) is 3.20. The van der Waals surface area contributed by atoms with E-state index in [9.17, 15) is 9.59 Å². The highest BCUT2D eigenvalue weighted by Gasteiger charge is 2.15. The lowest BCUT2D eigenvalue weighted by Gasteiger charge is -2.12. The maximum Gasteiger partial charge on any atom is 0.358 e. The molecule has 1 amide bonds. The molecule has 1 aromatic heterocycles. The second kappa shape index (κ2) is 8.43. The van der Waals surface area contributed by atoms with E-state index in [4.69, 9.17) is 4.74 Å². The fourth-order valence-electron chi connectivity index (χ4n) is 2.11. The summed E-state index contributed by atoms with van der Waals surface area (Å²) in [7, 11) is 0. The van der Waals surface area contributed by atoms with Crippen molar-refractivity contribution in [1.29, 1.82) is 0 Å². The van der Waals surface area contributed by atoms with Crippen molar-refractivity contribution >= 4 is 23.2 Å². The number of nitrogens with one attached hydrogen (secondary N) is 1. The number of thiazole rings is 1. The lowest BCUT2D eigenvalue weighted by molar-refractivity contribution is -0.124. The standard InChI is InChI=1S/C17H20N2O3S/c1-3-7-12(2)18-15(20)10-22-17(21)14-11-23-16(19-14)13-8-5-4-6-9-13/h4-6,8-9,11-12H,3,7,10H2,1-2H3,(H,18,20)/t12-/m1/s1. The molecule has 1 atom stereocenters. The van der Waals surface area contributed by atoms with Gasteiger partial charge in [0.25, 0.3) is 5.91 Å². The average molecular weight is 332 g/mol. The van der Waals surface area contributed by atoms with Crippen LogP contribution in [0.25, 0.3) is 10.6 Å². The number of rotatable bonds is 7. The van der Waals surface area contributed by atoms with E-state index in [0.29, 0.717) is 0 Å². The van der Waals surface area contributed by atoms with Crippen LogP contribution in [-0.2, 0) is 9.53 Å². The van der Waals surface area contributed by atoms with Crippen molar-refractivity contribution in [1.82, 2.24) is 10.3 Å². The van der Waals surface area contributed by atoms with E-state index in [2.05, 4.69) is 17.2 Å². The molecule has 0 aliphatic carbocycles. The molecule has 23 heavy (non-hydrogen) atoms. The van der Waals surface area contributed by atoms with Gasteiger partial charge in [0.15, 0.2) is 12.3 Å². The summed E-state index contributed by atoms with van der Waals surface area (Å²) in [5.41, 5.74) is 1.17. The largest absolute Gasteiger partial charge is 0.451 e. The fourth-order valence-corrected chi connectivity index (χ4v) is 2.90. The number of esters is 1. The molecule has 0 aliphatic rings. The van der Waals surface area contributed by atoms with Crippen LogP contribution in [0.4, 0.5) is 0 Å². The zero-order valence-corrected chi connectivity index (χ0v) is 14.1. The van der Waals surface area contributed by atoms with E-state index in [-0.39, 0.29) is 24.2 Å². The normalized spacial score (nSPS) is 11.7. The van der Waals surface area contributed by atoms with Crippen LogP contribution < -0.4 is 5.32 Å². The highest BCUT2D eigenvalue weighted by atomic mass is 32.1. The number of hydrogen-bond donors (Lipinski definition) is 1. The lowest BCUT2D eigenvalue weighted by atomic mass is 10.2. The number of ether oxygens (including phenoxy) is 1. The van der Waals surface area contributed by atoms with Gasteiger partial charge in [-0.1, -0.05) is 43.7 Å². The van der Waals surface area contributed by atoms with Crippen LogP contribution in [0.15, 0.2) is 35.7 Å². The van der Waals surface area contributed by atoms with Gasteiger partial charge in [-0.3, -0.25) is 4.79 Å². The zero-order valence-electron chi connectivity index (χ0n) is 13.2. The van der Waals surface area contributed by atoms with Gasteiger partial charge in [0.05, 0.1) is 0 Å². The summed E-state index contributed by atoms with van der Waals surface area (Å²) in [6.45, 7) is 3.69. The molecule has 5 nitrogen and oxygen atoms in total. The maximum absolute atomic E-state index is 11.9. The number of aromatic nitrogens is 1. The Labute approximate surface area is 139 Å². The van der Waals surface area contributed by atoms with Crippen molar-refractivity contribution in [2.75, 3.05) is 6.61 Å². The van der Waals surface area contributed by atoms with Crippen LogP contribution >= 0.6 is 11.3 Å². The van der Waals surface area contributed by atoms with E-state index < -0.39 is 5.97 Å². The molecule has 0 aliphatic heterocycles. The smallest absolute Gasteiger partial charge is 0.358 e. The Balaban J connectivity index is 1.87. The molecular formula is C17H20N2O3S. The minimum Gasteiger partial charge on any atom is -0.451 e. The first-order valence-electron chi connectivity index (χ1n) is 7.57. The number of carbonyl (C=O) groups is 2. The first-order valence-corrected chi connectivity index (χ1v) is 8.45. The number of hydrogen-bond acceptors (Lipinski definition) is 5. The molecule has 0 unspecified atom stereocenters. The minimum absolute atomic E-state index is 0.0788. The van der Waals surface area contributed by atoms with E-state index in [0.717, 1.165) is 23.4 Å². The molecule has 0 radical (unpaired) electrons. The van der Waals surface area contributed by atoms with Gasteiger partial charge in [0, 0.05) is 17.0 Å². The first-order chi connectivity index (χ1) is 11.1. The molecule has 0 fully saturated rings. The van der Waals surface area contributed by atoms with E-state index >= 15 is 0 Å². The van der Waals surface area contributed by atoms with Crippen LogP contribution in [0.5, 0.6) is 0 Å². The quantitative estimate of drug-likeness (QED) is 0.790. The average Bonchev–Trinajstić information content (AvgIpc) is 3.03. The van der Waals surface area contributed by atoms with Crippen LogP contribution in [0.2, 0.25) is 0 Å². The van der Waals surface area contributed by atoms with Gasteiger partial charge in [-0.25, -0.2) is 9.78 Å². The van der Waals surface area contributed by atoms with Gasteiger partial charge in [-0.2, -0.15) is 0 Å². The SMILES string of the molecule is CCC[C@@H](C)NC(=O)COC(=O)c1csc(-c2ccccc2)n1. The molecule has 0 bridgehead atoms. The van der Waals surface area contributed by atoms with Crippen molar-refractivity contribution in [3.05, 3.63) is 41.4 Å². The van der Waals surface area contributed by atoms with Gasteiger partial charge in [-0.05, 0) is 13.3 Å². The molecule has 122 valence electrons. The summed E-state index contributed by atoms with van der Waals surface area (Å²) in [6, 6.07) is 9.68. The van der Waals surface area contributed by atoms with Gasteiger partial charge in [0.1, 0.15) is 5.01 Å². The Morgan fingerprint density at radius 2 is 2.04 bits per heavy atom. The molecule has 0 saturated carbocycles. The molecule has 1 heterocycles. The van der Waals surface area contributed by atoms with Crippen LogP contribution in [0, 0.1) is 0 Å². The molecular weight excluding hydrogens is 312 g/mol. The predicted molar refractivity (Wildman–Crippen MR) is 90.3 cm³/mol. The number of benzene rings is 1. The second-order valence-corrected chi connectivity index (χ2v) is 6.10. The van der Waals surface area contributed by atoms with Gasteiger partial charge in [0.2, 0.25) is 0 Å². The van der Waals surface area contributed by atoms with E-state index in [1.807, 2.05) is 37.3 Å². The molecule has 6 heteroatoms. The van der Waals surface area contributed by atoms with Crippen molar-refractivity contribution in [2.24, 2.45) is 0 Å². The van der Waals surface area contributed by atoms with Gasteiger partial charge in [-0.15, -0.1) is 11.3 Å². The summed E-state index contributed by atoms with van der Waals surface area (Å²) < 4.78 is 5.01. The maximum atomic E-state index is 11.9. The Morgan fingerprint density at radius 3 is 2.74 bits per heavy atom. The third-order valence-corrected chi connectivity index (χ3v) is 4.09. The van der Waals surface area contributed by atoms with Crippen LogP contribution in [0.3, 0.4) is 0 Å². The Kier molecular flexibility index (Phi) is 6.29. The fraction of sp³-hybridized carbons (Fsp3) is 0.353. The predicted octanol–water partition coefficient (Wildman–Crippen LogP) is 3.27. The van der Waals surface area contributed by atoms with Crippen molar-refractivity contribution < 1.29 is 14.3 Å². The molecule has 1 aromatic carbocycles. The highest BCUT2D eigenvalue weighted by molar-refractivity contribution is 7.13. The molecule has 1 N–H and O–H groups in total. The summed E-state index contributed by atoms with van der Waals surface area (Å²) >= 11 is 1.37. The molecule has 2 rings (SSSR count). The van der Waals surface area contributed by atoms with Crippen LogP contribution in [-0.4, -0.2) is 29.5 Å². The zero-order chi connectivity index (χ0) is 16.7.